The van der Waals surface area contributed by atoms with Crippen LogP contribution in [0.5, 0.6) is 0 Å². The van der Waals surface area contributed by atoms with Crippen LogP contribution in [-0.4, -0.2) is 38.5 Å². The molecule has 0 amide bonds. The van der Waals surface area contributed by atoms with E-state index >= 15 is 0 Å². The highest BCUT2D eigenvalue weighted by molar-refractivity contribution is 8.03. The fourth-order valence-corrected chi connectivity index (χ4v) is 2.88. The number of hydrogen-bond acceptors (Lipinski definition) is 4. The van der Waals surface area contributed by atoms with E-state index in [1.54, 1.807) is 14.2 Å². The lowest BCUT2D eigenvalue weighted by Crippen LogP contribution is -2.29. The predicted molar refractivity (Wildman–Crippen MR) is 74.4 cm³/mol. The summed E-state index contributed by atoms with van der Waals surface area (Å²) in [5.74, 6) is 0. The first-order chi connectivity index (χ1) is 8.81. The maximum Gasteiger partial charge on any atom is 0.174 e. The topological polar surface area (TPSA) is 21.7 Å². The van der Waals surface area contributed by atoms with Crippen molar-refractivity contribution in [3.05, 3.63) is 41.4 Å². The van der Waals surface area contributed by atoms with Crippen LogP contribution in [0.4, 0.5) is 0 Å². The molecule has 0 fully saturated rings. The van der Waals surface area contributed by atoms with Crippen LogP contribution in [0.15, 0.2) is 46.3 Å². The van der Waals surface area contributed by atoms with Crippen LogP contribution >= 0.6 is 11.8 Å². The van der Waals surface area contributed by atoms with Crippen molar-refractivity contribution in [1.29, 1.82) is 0 Å². The fourth-order valence-electron chi connectivity index (χ4n) is 1.88. The summed E-state index contributed by atoms with van der Waals surface area (Å²) in [6.07, 6.45) is 3.16. The highest BCUT2D eigenvalue weighted by Crippen LogP contribution is 2.32. The molecule has 1 aliphatic heterocycles. The molecule has 98 valence electrons. The summed E-state index contributed by atoms with van der Waals surface area (Å²) in [6, 6.07) is 10.5. The Kier molecular flexibility index (Phi) is 5.11. The molecule has 18 heavy (non-hydrogen) atoms. The maximum atomic E-state index is 5.21. The van der Waals surface area contributed by atoms with E-state index in [0.717, 1.165) is 19.5 Å². The molecule has 0 atom stereocenters. The normalized spacial score (nSPS) is 15.3. The highest BCUT2D eigenvalue weighted by atomic mass is 32.2. The van der Waals surface area contributed by atoms with Crippen LogP contribution in [0.3, 0.4) is 0 Å². The highest BCUT2D eigenvalue weighted by Gasteiger charge is 2.17. The molecule has 1 aromatic carbocycles. The van der Waals surface area contributed by atoms with Gasteiger partial charge in [-0.25, -0.2) is 0 Å². The Morgan fingerprint density at radius 3 is 2.61 bits per heavy atom. The minimum absolute atomic E-state index is 0.151. The third-order valence-electron chi connectivity index (χ3n) is 2.87. The Bertz CT molecular complexity index is 390. The average Bonchev–Trinajstić information content (AvgIpc) is 2.84. The standard InChI is InChI=1S/C14H19NO2S/c1-16-14(17-2)11-15-9-8-13(10-15)18-12-6-4-3-5-7-12/h3-7,10,14H,8-9,11H2,1-2H3. The van der Waals surface area contributed by atoms with Crippen molar-refractivity contribution < 1.29 is 9.47 Å². The Morgan fingerprint density at radius 2 is 1.94 bits per heavy atom. The quantitative estimate of drug-likeness (QED) is 0.737. The molecule has 1 aliphatic rings. The van der Waals surface area contributed by atoms with Gasteiger partial charge < -0.3 is 14.4 Å². The largest absolute Gasteiger partial charge is 0.371 e. The first kappa shape index (κ1) is 13.5. The molecule has 0 spiro atoms. The molecule has 3 nitrogen and oxygen atoms in total. The van der Waals surface area contributed by atoms with Crippen LogP contribution in [0.2, 0.25) is 0 Å². The summed E-state index contributed by atoms with van der Waals surface area (Å²) in [7, 11) is 3.35. The number of hydrogen-bond donors (Lipinski definition) is 0. The van der Waals surface area contributed by atoms with Crippen molar-refractivity contribution >= 4 is 11.8 Å². The number of thioether (sulfide) groups is 1. The summed E-state index contributed by atoms with van der Waals surface area (Å²) in [6.45, 7) is 1.82. The molecule has 4 heteroatoms. The van der Waals surface area contributed by atoms with Crippen LogP contribution in [0.1, 0.15) is 6.42 Å². The van der Waals surface area contributed by atoms with Gasteiger partial charge in [0.05, 0.1) is 6.54 Å². The van der Waals surface area contributed by atoms with Gasteiger partial charge in [0, 0.05) is 36.8 Å². The third-order valence-corrected chi connectivity index (χ3v) is 3.95. The van der Waals surface area contributed by atoms with Crippen LogP contribution in [0, 0.1) is 0 Å². The Morgan fingerprint density at radius 1 is 1.22 bits per heavy atom. The molecule has 1 aromatic rings. The summed E-state index contributed by atoms with van der Waals surface area (Å²) in [5.41, 5.74) is 0. The number of benzene rings is 1. The van der Waals surface area contributed by atoms with Gasteiger partial charge in [-0.15, -0.1) is 0 Å². The van der Waals surface area contributed by atoms with Crippen molar-refractivity contribution in [2.24, 2.45) is 0 Å². The second-order valence-corrected chi connectivity index (χ2v) is 5.36. The zero-order valence-electron chi connectivity index (χ0n) is 10.8. The van der Waals surface area contributed by atoms with Gasteiger partial charge >= 0.3 is 0 Å². The summed E-state index contributed by atoms with van der Waals surface area (Å²) >= 11 is 1.84. The lowest BCUT2D eigenvalue weighted by atomic mass is 10.4. The van der Waals surface area contributed by atoms with E-state index in [2.05, 4.69) is 35.4 Å². The molecular weight excluding hydrogens is 246 g/mol. The SMILES string of the molecule is COC(CN1C=C(Sc2ccccc2)CC1)OC. The minimum Gasteiger partial charge on any atom is -0.371 e. The molecule has 1 heterocycles. The second kappa shape index (κ2) is 6.83. The van der Waals surface area contributed by atoms with E-state index in [4.69, 9.17) is 9.47 Å². The summed E-state index contributed by atoms with van der Waals surface area (Å²) in [5, 5.41) is 0. The van der Waals surface area contributed by atoms with E-state index < -0.39 is 0 Å². The molecule has 0 aliphatic carbocycles. The lowest BCUT2D eigenvalue weighted by molar-refractivity contribution is -0.110. The molecule has 2 rings (SSSR count). The van der Waals surface area contributed by atoms with E-state index in [9.17, 15) is 0 Å². The number of methoxy groups -OCH3 is 2. The van der Waals surface area contributed by atoms with Gasteiger partial charge in [-0.05, 0) is 18.6 Å². The molecule has 0 bridgehead atoms. The zero-order valence-corrected chi connectivity index (χ0v) is 11.7. The molecule has 0 saturated carbocycles. The molecule has 0 aromatic heterocycles. The third kappa shape index (κ3) is 3.77. The average molecular weight is 265 g/mol. The van der Waals surface area contributed by atoms with E-state index in [1.165, 1.54) is 9.80 Å². The molecular formula is C14H19NO2S. The van der Waals surface area contributed by atoms with E-state index in [-0.39, 0.29) is 6.29 Å². The first-order valence-electron chi connectivity index (χ1n) is 6.05. The maximum absolute atomic E-state index is 5.21. The van der Waals surface area contributed by atoms with Gasteiger partial charge in [-0.3, -0.25) is 0 Å². The van der Waals surface area contributed by atoms with Gasteiger partial charge in [0.25, 0.3) is 0 Å². The molecule has 0 radical (unpaired) electrons. The Labute approximate surface area is 113 Å². The van der Waals surface area contributed by atoms with Gasteiger partial charge in [0.1, 0.15) is 0 Å². The van der Waals surface area contributed by atoms with Crippen molar-refractivity contribution in [1.82, 2.24) is 4.90 Å². The minimum atomic E-state index is -0.151. The van der Waals surface area contributed by atoms with Crippen molar-refractivity contribution in [3.63, 3.8) is 0 Å². The first-order valence-corrected chi connectivity index (χ1v) is 6.86. The van der Waals surface area contributed by atoms with Gasteiger partial charge in [0.15, 0.2) is 6.29 Å². The summed E-state index contributed by atoms with van der Waals surface area (Å²) in [4.78, 5) is 4.94. The smallest absolute Gasteiger partial charge is 0.174 e. The fraction of sp³-hybridized carbons (Fsp3) is 0.429. The predicted octanol–water partition coefficient (Wildman–Crippen LogP) is 2.94. The molecule has 0 unspecified atom stereocenters. The molecule has 0 saturated heterocycles. The molecule has 0 N–H and O–H groups in total. The van der Waals surface area contributed by atoms with Crippen molar-refractivity contribution in [2.75, 3.05) is 27.3 Å². The number of ether oxygens (including phenoxy) is 2. The second-order valence-electron chi connectivity index (χ2n) is 4.16. The van der Waals surface area contributed by atoms with Gasteiger partial charge in [-0.2, -0.15) is 0 Å². The van der Waals surface area contributed by atoms with Crippen molar-refractivity contribution in [3.8, 4) is 0 Å². The monoisotopic (exact) mass is 265 g/mol. The zero-order chi connectivity index (χ0) is 12.8. The van der Waals surface area contributed by atoms with Crippen molar-refractivity contribution in [2.45, 2.75) is 17.6 Å². The van der Waals surface area contributed by atoms with Gasteiger partial charge in [-0.1, -0.05) is 30.0 Å². The van der Waals surface area contributed by atoms with Gasteiger partial charge in [0.2, 0.25) is 0 Å². The van der Waals surface area contributed by atoms with Crippen LogP contribution in [0.25, 0.3) is 0 Å². The lowest BCUT2D eigenvalue weighted by Gasteiger charge is -2.20. The number of rotatable bonds is 6. The number of nitrogens with zero attached hydrogens (tertiary/aromatic N) is 1. The summed E-state index contributed by atoms with van der Waals surface area (Å²) < 4.78 is 10.4. The Hall–Kier alpha value is -0.970. The van der Waals surface area contributed by atoms with Crippen LogP contribution in [-0.2, 0) is 9.47 Å². The Balaban J connectivity index is 1.88. The van der Waals surface area contributed by atoms with E-state index in [1.807, 2.05) is 17.8 Å². The van der Waals surface area contributed by atoms with Crippen LogP contribution < -0.4 is 0 Å². The van der Waals surface area contributed by atoms with E-state index in [0.29, 0.717) is 0 Å².